The van der Waals surface area contributed by atoms with E-state index in [1.54, 1.807) is 0 Å². The number of carbonyl (C=O) groups is 1. The molecule has 33 heavy (non-hydrogen) atoms. The number of rotatable bonds is 4. The summed E-state index contributed by atoms with van der Waals surface area (Å²) in [6.45, 7) is 0. The Hall–Kier alpha value is -3.71. The molecule has 164 valence electrons. The van der Waals surface area contributed by atoms with Gasteiger partial charge in [0.05, 0.1) is 51.1 Å². The van der Waals surface area contributed by atoms with Gasteiger partial charge in [-0.05, 0) is 18.2 Å². The van der Waals surface area contributed by atoms with E-state index < -0.39 is 11.7 Å². The monoisotopic (exact) mass is 501 g/mol. The molecule has 0 radical (unpaired) electrons. The van der Waals surface area contributed by atoms with E-state index in [4.69, 9.17) is 47.0 Å². The molecule has 0 bridgehead atoms. The van der Waals surface area contributed by atoms with Gasteiger partial charge in [-0.2, -0.15) is 10.2 Å². The number of nitrogens with one attached hydrogen (secondary N) is 1. The van der Waals surface area contributed by atoms with Gasteiger partial charge < -0.3 is 11.1 Å². The van der Waals surface area contributed by atoms with Gasteiger partial charge in [-0.3, -0.25) is 4.79 Å². The van der Waals surface area contributed by atoms with Crippen molar-refractivity contribution in [2.45, 2.75) is 0 Å². The molecule has 0 saturated heterocycles. The van der Waals surface area contributed by atoms with Crippen molar-refractivity contribution in [3.8, 4) is 29.3 Å². The topological polar surface area (TPSA) is 112 Å². The predicted molar refractivity (Wildman–Crippen MR) is 124 cm³/mol. The van der Waals surface area contributed by atoms with Crippen LogP contribution in [-0.4, -0.2) is 30.9 Å². The van der Waals surface area contributed by atoms with Crippen LogP contribution in [0, 0.1) is 18.2 Å². The van der Waals surface area contributed by atoms with E-state index in [0.717, 1.165) is 6.07 Å². The lowest BCUT2D eigenvalue weighted by molar-refractivity contribution is 0.102. The summed E-state index contributed by atoms with van der Waals surface area (Å²) in [5, 5.41) is 10.5. The van der Waals surface area contributed by atoms with Crippen LogP contribution in [0.25, 0.3) is 16.9 Å². The van der Waals surface area contributed by atoms with Crippen LogP contribution < -0.4 is 11.1 Å². The van der Waals surface area contributed by atoms with Crippen molar-refractivity contribution in [2.75, 3.05) is 11.1 Å². The van der Waals surface area contributed by atoms with Crippen molar-refractivity contribution >= 4 is 52.1 Å². The lowest BCUT2D eigenvalue weighted by atomic mass is 9.98. The molecular formula is C21H11Cl3FN7O. The molecular weight excluding hydrogens is 492 g/mol. The minimum Gasteiger partial charge on any atom is -0.396 e. The number of nitrogens with two attached hydrogens (primary N) is 1. The van der Waals surface area contributed by atoms with Crippen molar-refractivity contribution in [2.24, 2.45) is 0 Å². The summed E-state index contributed by atoms with van der Waals surface area (Å²) in [4.78, 5) is 22.0. The van der Waals surface area contributed by atoms with Crippen molar-refractivity contribution in [1.82, 2.24) is 25.0 Å². The summed E-state index contributed by atoms with van der Waals surface area (Å²) in [6, 6.07) is 3.66. The van der Waals surface area contributed by atoms with Crippen LogP contribution in [0.1, 0.15) is 15.9 Å². The van der Waals surface area contributed by atoms with Gasteiger partial charge in [0.2, 0.25) is 0 Å². The Balaban J connectivity index is 1.66. The van der Waals surface area contributed by atoms with Gasteiger partial charge in [0.15, 0.2) is 11.0 Å². The summed E-state index contributed by atoms with van der Waals surface area (Å²) in [5.74, 6) is 1.17. The van der Waals surface area contributed by atoms with Crippen molar-refractivity contribution in [3.05, 3.63) is 75.1 Å². The van der Waals surface area contributed by atoms with Gasteiger partial charge in [-0.15, -0.1) is 11.2 Å². The highest BCUT2D eigenvalue weighted by atomic mass is 35.5. The highest BCUT2D eigenvalue weighted by Gasteiger charge is 2.21. The number of hydrogen-bond acceptors (Lipinski definition) is 6. The number of amides is 1. The minimum absolute atomic E-state index is 0.00763. The molecule has 4 aromatic rings. The van der Waals surface area contributed by atoms with Crippen molar-refractivity contribution in [3.63, 3.8) is 0 Å². The number of anilines is 2. The molecule has 0 spiro atoms. The number of carbonyl (C=O) groups excluding carboxylic acids is 1. The number of nitrogens with zero attached hydrogens (tertiary/aromatic N) is 5. The van der Waals surface area contributed by atoms with Crippen LogP contribution >= 0.6 is 34.8 Å². The van der Waals surface area contributed by atoms with E-state index in [0.29, 0.717) is 0 Å². The number of benzene rings is 1. The first kappa shape index (κ1) is 22.5. The maximum absolute atomic E-state index is 15.0. The Kier molecular flexibility index (Phi) is 6.16. The molecule has 12 heteroatoms. The Morgan fingerprint density at radius 1 is 1.09 bits per heavy atom. The minimum atomic E-state index is -0.786. The fourth-order valence-corrected chi connectivity index (χ4v) is 3.62. The first-order valence-electron chi connectivity index (χ1n) is 9.03. The molecule has 1 amide bonds. The summed E-state index contributed by atoms with van der Waals surface area (Å²) in [5.41, 5.74) is 6.43. The van der Waals surface area contributed by atoms with Crippen LogP contribution in [0.2, 0.25) is 15.2 Å². The van der Waals surface area contributed by atoms with E-state index in [2.05, 4.69) is 31.4 Å². The van der Waals surface area contributed by atoms with Crippen LogP contribution in [0.4, 0.5) is 15.8 Å². The molecule has 3 aromatic heterocycles. The Morgan fingerprint density at radius 2 is 1.82 bits per heavy atom. The summed E-state index contributed by atoms with van der Waals surface area (Å²) >= 11 is 18.5. The van der Waals surface area contributed by atoms with Gasteiger partial charge in [0, 0.05) is 17.3 Å². The number of halogens is 4. The normalized spacial score (nSPS) is 10.6. The highest BCUT2D eigenvalue weighted by molar-refractivity contribution is 6.35. The van der Waals surface area contributed by atoms with Crippen molar-refractivity contribution in [1.29, 1.82) is 0 Å². The molecule has 0 fully saturated rings. The van der Waals surface area contributed by atoms with Crippen LogP contribution in [0.3, 0.4) is 0 Å². The van der Waals surface area contributed by atoms with Gasteiger partial charge in [0.1, 0.15) is 5.82 Å². The predicted octanol–water partition coefficient (Wildman–Crippen LogP) is 4.64. The Morgan fingerprint density at radius 3 is 2.48 bits per heavy atom. The summed E-state index contributed by atoms with van der Waals surface area (Å²) < 4.78 is 15.0. The van der Waals surface area contributed by atoms with Gasteiger partial charge >= 0.3 is 0 Å². The summed E-state index contributed by atoms with van der Waals surface area (Å²) in [7, 11) is 0. The van der Waals surface area contributed by atoms with E-state index in [1.807, 2.05) is 0 Å². The third-order valence-electron chi connectivity index (χ3n) is 4.48. The van der Waals surface area contributed by atoms with E-state index >= 15 is 4.39 Å². The lowest BCUT2D eigenvalue weighted by Crippen LogP contribution is -2.14. The second-order valence-electron chi connectivity index (χ2n) is 6.51. The van der Waals surface area contributed by atoms with Crippen LogP contribution in [0.5, 0.6) is 0 Å². The number of terminal acetylenes is 1. The number of nitrogen functional groups attached to an aromatic ring is 1. The maximum atomic E-state index is 15.0. The zero-order chi connectivity index (χ0) is 23.7. The summed E-state index contributed by atoms with van der Waals surface area (Å²) in [6.07, 6.45) is 11.1. The standard InChI is InChI=1S/C21H11Cl3FN7O/c1-2-10-8-27-19(24)18(26)17(10)13-6-14(22)12(7-16(13)25)21(33)31-11-5-15(23)20(28-9-11)32-29-3-4-30-32/h1,3-9H,26H2,(H,31,33). The molecule has 0 aliphatic rings. The Labute approximate surface area is 201 Å². The largest absolute Gasteiger partial charge is 0.396 e. The SMILES string of the molecule is C#Cc1cnc(Cl)c(N)c1-c1cc(Cl)c(C(=O)Nc2cnc(-n3nccn3)c(Cl)c2)cc1F. The van der Waals surface area contributed by atoms with E-state index in [9.17, 15) is 4.79 Å². The first-order valence-corrected chi connectivity index (χ1v) is 10.2. The second-order valence-corrected chi connectivity index (χ2v) is 7.68. The molecule has 4 rings (SSSR count). The quantitative estimate of drug-likeness (QED) is 0.311. The molecule has 0 saturated carbocycles. The van der Waals surface area contributed by atoms with Crippen molar-refractivity contribution < 1.29 is 9.18 Å². The van der Waals surface area contributed by atoms with E-state index in [1.165, 1.54) is 41.7 Å². The molecule has 3 heterocycles. The zero-order valence-electron chi connectivity index (χ0n) is 16.4. The molecule has 0 atom stereocenters. The third-order valence-corrected chi connectivity index (χ3v) is 5.37. The molecule has 8 nitrogen and oxygen atoms in total. The average Bonchev–Trinajstić information content (AvgIpc) is 3.31. The van der Waals surface area contributed by atoms with Crippen LogP contribution in [-0.2, 0) is 0 Å². The average molecular weight is 503 g/mol. The fraction of sp³-hybridized carbons (Fsp3) is 0. The van der Waals surface area contributed by atoms with E-state index in [-0.39, 0.29) is 54.6 Å². The van der Waals surface area contributed by atoms with Crippen LogP contribution in [0.15, 0.2) is 43.0 Å². The Bertz CT molecular complexity index is 1440. The number of pyridine rings is 2. The smallest absolute Gasteiger partial charge is 0.257 e. The van der Waals surface area contributed by atoms with Gasteiger partial charge in [-0.25, -0.2) is 14.4 Å². The first-order chi connectivity index (χ1) is 15.8. The molecule has 0 aliphatic carbocycles. The van der Waals surface area contributed by atoms with Gasteiger partial charge in [0.25, 0.3) is 5.91 Å². The molecule has 0 aliphatic heterocycles. The van der Waals surface area contributed by atoms with Gasteiger partial charge in [-0.1, -0.05) is 40.7 Å². The maximum Gasteiger partial charge on any atom is 0.257 e. The number of hydrogen-bond donors (Lipinski definition) is 2. The lowest BCUT2D eigenvalue weighted by Gasteiger charge is -2.13. The molecule has 3 N–H and O–H groups in total. The number of aromatic nitrogens is 5. The zero-order valence-corrected chi connectivity index (χ0v) is 18.6. The molecule has 0 unspecified atom stereocenters. The second kappa shape index (κ2) is 9.03. The fourth-order valence-electron chi connectivity index (χ4n) is 2.99. The third kappa shape index (κ3) is 4.32. The molecule has 1 aromatic carbocycles. The highest BCUT2D eigenvalue weighted by Crippen LogP contribution is 2.37.